The summed E-state index contributed by atoms with van der Waals surface area (Å²) in [7, 11) is 0. The molecule has 2 rings (SSSR count). The van der Waals surface area contributed by atoms with Crippen LogP contribution >= 0.6 is 0 Å². The third-order valence-electron chi connectivity index (χ3n) is 3.84. The van der Waals surface area contributed by atoms with Crippen molar-refractivity contribution in [2.75, 3.05) is 5.32 Å². The largest absolute Gasteiger partial charge is 0.508 e. The van der Waals surface area contributed by atoms with Crippen LogP contribution in [0.5, 0.6) is 5.75 Å². The number of aromatic hydroxyl groups is 1. The van der Waals surface area contributed by atoms with E-state index in [2.05, 4.69) is 5.32 Å². The fourth-order valence-corrected chi connectivity index (χ4v) is 2.57. The molecule has 0 radical (unpaired) electrons. The van der Waals surface area contributed by atoms with Gasteiger partial charge in [-0.2, -0.15) is 0 Å². The number of anilines is 1. The Bertz CT molecular complexity index is 543. The molecule has 1 aliphatic rings. The minimum Gasteiger partial charge on any atom is -0.508 e. The van der Waals surface area contributed by atoms with Crippen LogP contribution in [0.2, 0.25) is 0 Å². The van der Waals surface area contributed by atoms with Crippen LogP contribution in [0.15, 0.2) is 18.2 Å². The van der Waals surface area contributed by atoms with E-state index in [-0.39, 0.29) is 17.2 Å². The standard InChI is InChI=1S/C16H24N2O3/c1-10(17)16(7-8-16)12-9-11(19)5-6-13(12)18-14(20)21-15(2,3)4/h5-6,9-10,19H,7-8,17H2,1-4H3,(H,18,20). The summed E-state index contributed by atoms with van der Waals surface area (Å²) in [6, 6.07) is 4.88. The molecule has 0 saturated heterocycles. The molecule has 1 aromatic carbocycles. The summed E-state index contributed by atoms with van der Waals surface area (Å²) in [5.74, 6) is 0.173. The van der Waals surface area contributed by atoms with Crippen molar-refractivity contribution in [2.45, 2.75) is 57.6 Å². The van der Waals surface area contributed by atoms with Crippen molar-refractivity contribution in [3.8, 4) is 5.75 Å². The molecule has 4 N–H and O–H groups in total. The molecular formula is C16H24N2O3. The highest BCUT2D eigenvalue weighted by molar-refractivity contribution is 5.86. The Morgan fingerprint density at radius 1 is 1.43 bits per heavy atom. The number of carbonyl (C=O) groups excluding carboxylic acids is 1. The van der Waals surface area contributed by atoms with Gasteiger partial charge in [0.05, 0.1) is 0 Å². The van der Waals surface area contributed by atoms with Gasteiger partial charge in [-0.1, -0.05) is 0 Å². The summed E-state index contributed by atoms with van der Waals surface area (Å²) >= 11 is 0. The van der Waals surface area contributed by atoms with Crippen molar-refractivity contribution >= 4 is 11.8 Å². The molecule has 21 heavy (non-hydrogen) atoms. The number of rotatable bonds is 3. The Morgan fingerprint density at radius 3 is 2.52 bits per heavy atom. The van der Waals surface area contributed by atoms with E-state index >= 15 is 0 Å². The molecule has 1 saturated carbocycles. The number of hydrogen-bond donors (Lipinski definition) is 3. The second-order valence-electron chi connectivity index (χ2n) is 6.80. The van der Waals surface area contributed by atoms with Gasteiger partial charge in [0, 0.05) is 17.1 Å². The predicted octanol–water partition coefficient (Wildman–Crippen LogP) is 3.12. The first-order chi connectivity index (χ1) is 9.64. The molecule has 1 unspecified atom stereocenters. The van der Waals surface area contributed by atoms with Crippen LogP contribution in [0.4, 0.5) is 10.5 Å². The lowest BCUT2D eigenvalue weighted by Crippen LogP contribution is -2.33. The number of phenols is 1. The van der Waals surface area contributed by atoms with Crippen LogP contribution in [-0.4, -0.2) is 22.8 Å². The van der Waals surface area contributed by atoms with Crippen LogP contribution in [0, 0.1) is 0 Å². The monoisotopic (exact) mass is 292 g/mol. The van der Waals surface area contributed by atoms with Gasteiger partial charge in [-0.05, 0) is 64.3 Å². The topological polar surface area (TPSA) is 84.6 Å². The average molecular weight is 292 g/mol. The number of amides is 1. The Hall–Kier alpha value is -1.75. The molecule has 5 heteroatoms. The normalized spacial score (nSPS) is 18.0. The van der Waals surface area contributed by atoms with Gasteiger partial charge in [0.2, 0.25) is 0 Å². The second kappa shape index (κ2) is 5.22. The van der Waals surface area contributed by atoms with Crippen LogP contribution in [0.3, 0.4) is 0 Å². The Morgan fingerprint density at radius 2 is 2.05 bits per heavy atom. The fraction of sp³-hybridized carbons (Fsp3) is 0.562. The van der Waals surface area contributed by atoms with Gasteiger partial charge >= 0.3 is 6.09 Å². The number of nitrogens with one attached hydrogen (secondary N) is 1. The van der Waals surface area contributed by atoms with Gasteiger partial charge in [0.15, 0.2) is 0 Å². The quantitative estimate of drug-likeness (QED) is 0.747. The van der Waals surface area contributed by atoms with E-state index in [0.29, 0.717) is 5.69 Å². The molecule has 1 fully saturated rings. The van der Waals surface area contributed by atoms with Crippen molar-refractivity contribution in [1.29, 1.82) is 0 Å². The Kier molecular flexibility index (Phi) is 3.89. The van der Waals surface area contributed by atoms with Gasteiger partial charge < -0.3 is 15.6 Å². The molecule has 0 aliphatic heterocycles. The zero-order chi connectivity index (χ0) is 15.8. The van der Waals surface area contributed by atoms with E-state index in [9.17, 15) is 9.90 Å². The van der Waals surface area contributed by atoms with Crippen LogP contribution in [0.1, 0.15) is 46.1 Å². The minimum absolute atomic E-state index is 0.0431. The van der Waals surface area contributed by atoms with Gasteiger partial charge in [-0.25, -0.2) is 4.79 Å². The van der Waals surface area contributed by atoms with Crippen LogP contribution in [-0.2, 0) is 10.2 Å². The smallest absolute Gasteiger partial charge is 0.412 e. The van der Waals surface area contributed by atoms with Gasteiger partial charge in [0.25, 0.3) is 0 Å². The first-order valence-electron chi connectivity index (χ1n) is 7.23. The van der Waals surface area contributed by atoms with Gasteiger partial charge in [-0.3, -0.25) is 5.32 Å². The number of benzene rings is 1. The average Bonchev–Trinajstić information content (AvgIpc) is 3.10. The first-order valence-corrected chi connectivity index (χ1v) is 7.23. The lowest BCUT2D eigenvalue weighted by atomic mass is 9.88. The lowest BCUT2D eigenvalue weighted by molar-refractivity contribution is 0.0635. The summed E-state index contributed by atoms with van der Waals surface area (Å²) in [4.78, 5) is 12.0. The van der Waals surface area contributed by atoms with Crippen molar-refractivity contribution in [3.05, 3.63) is 23.8 Å². The molecule has 1 aromatic rings. The third kappa shape index (κ3) is 3.47. The maximum Gasteiger partial charge on any atom is 0.412 e. The maximum atomic E-state index is 12.0. The van der Waals surface area contributed by atoms with E-state index in [0.717, 1.165) is 18.4 Å². The molecule has 5 nitrogen and oxygen atoms in total. The summed E-state index contributed by atoms with van der Waals surface area (Å²) < 4.78 is 5.28. The molecule has 0 aromatic heterocycles. The summed E-state index contributed by atoms with van der Waals surface area (Å²) in [6.07, 6.45) is 1.41. The van der Waals surface area contributed by atoms with E-state index in [1.54, 1.807) is 18.2 Å². The summed E-state index contributed by atoms with van der Waals surface area (Å²) in [5.41, 5.74) is 6.90. The van der Waals surface area contributed by atoms with Crippen LogP contribution in [0.25, 0.3) is 0 Å². The van der Waals surface area contributed by atoms with Gasteiger partial charge in [0.1, 0.15) is 11.4 Å². The highest BCUT2D eigenvalue weighted by Gasteiger charge is 2.49. The predicted molar refractivity (Wildman–Crippen MR) is 82.5 cm³/mol. The molecule has 1 aliphatic carbocycles. The number of nitrogens with two attached hydrogens (primary N) is 1. The van der Waals surface area contributed by atoms with Crippen molar-refractivity contribution < 1.29 is 14.6 Å². The van der Waals surface area contributed by atoms with Crippen molar-refractivity contribution in [2.24, 2.45) is 5.73 Å². The van der Waals surface area contributed by atoms with Crippen LogP contribution < -0.4 is 11.1 Å². The minimum atomic E-state index is -0.556. The SMILES string of the molecule is CC(N)C1(c2cc(O)ccc2NC(=O)OC(C)(C)C)CC1. The second-order valence-corrected chi connectivity index (χ2v) is 6.80. The highest BCUT2D eigenvalue weighted by Crippen LogP contribution is 2.53. The summed E-state index contributed by atoms with van der Waals surface area (Å²) in [6.45, 7) is 7.40. The molecule has 116 valence electrons. The highest BCUT2D eigenvalue weighted by atomic mass is 16.6. The van der Waals surface area contributed by atoms with E-state index in [4.69, 9.17) is 10.5 Å². The van der Waals surface area contributed by atoms with Crippen molar-refractivity contribution in [3.63, 3.8) is 0 Å². The Balaban J connectivity index is 2.27. The van der Waals surface area contributed by atoms with E-state index < -0.39 is 11.7 Å². The molecule has 0 heterocycles. The molecule has 0 spiro atoms. The molecule has 1 amide bonds. The fourth-order valence-electron chi connectivity index (χ4n) is 2.57. The Labute approximate surface area is 125 Å². The zero-order valence-corrected chi connectivity index (χ0v) is 13.1. The zero-order valence-electron chi connectivity index (χ0n) is 13.1. The van der Waals surface area contributed by atoms with E-state index in [1.807, 2.05) is 27.7 Å². The van der Waals surface area contributed by atoms with Crippen molar-refractivity contribution in [1.82, 2.24) is 0 Å². The number of phenolic OH excluding ortho intramolecular Hbond substituents is 1. The molecule has 0 bridgehead atoms. The van der Waals surface area contributed by atoms with E-state index in [1.165, 1.54) is 0 Å². The number of carbonyl (C=O) groups is 1. The lowest BCUT2D eigenvalue weighted by Gasteiger charge is -2.25. The third-order valence-corrected chi connectivity index (χ3v) is 3.84. The number of hydrogen-bond acceptors (Lipinski definition) is 4. The first kappa shape index (κ1) is 15.6. The number of ether oxygens (including phenoxy) is 1. The maximum absolute atomic E-state index is 12.0. The summed E-state index contributed by atoms with van der Waals surface area (Å²) in [5, 5.41) is 12.5. The molecular weight excluding hydrogens is 268 g/mol. The molecule has 1 atom stereocenters. The van der Waals surface area contributed by atoms with Gasteiger partial charge in [-0.15, -0.1) is 0 Å².